The number of thiazole rings is 1. The zero-order valence-corrected chi connectivity index (χ0v) is 15.5. The van der Waals surface area contributed by atoms with E-state index in [0.717, 1.165) is 30.7 Å². The van der Waals surface area contributed by atoms with Crippen molar-refractivity contribution < 1.29 is 14.3 Å². The molecule has 0 radical (unpaired) electrons. The summed E-state index contributed by atoms with van der Waals surface area (Å²) in [5.41, 5.74) is 0. The van der Waals surface area contributed by atoms with Gasteiger partial charge in [-0.15, -0.1) is 11.3 Å². The van der Waals surface area contributed by atoms with E-state index < -0.39 is 5.79 Å². The van der Waals surface area contributed by atoms with Crippen LogP contribution in [-0.2, 0) is 20.8 Å². The zero-order chi connectivity index (χ0) is 17.0. The van der Waals surface area contributed by atoms with Crippen LogP contribution in [0.4, 0.5) is 0 Å². The van der Waals surface area contributed by atoms with Gasteiger partial charge in [0.15, 0.2) is 5.79 Å². The van der Waals surface area contributed by atoms with Crippen molar-refractivity contribution >= 4 is 17.2 Å². The second-order valence-corrected chi connectivity index (χ2v) is 8.26. The topological polar surface area (TPSA) is 51.7 Å². The Balaban J connectivity index is 1.67. The van der Waals surface area contributed by atoms with Gasteiger partial charge in [0.05, 0.1) is 13.2 Å². The minimum Gasteiger partial charge on any atom is -0.348 e. The van der Waals surface area contributed by atoms with Gasteiger partial charge in [-0.2, -0.15) is 0 Å². The van der Waals surface area contributed by atoms with E-state index in [1.54, 1.807) is 17.5 Å². The lowest BCUT2D eigenvalue weighted by Crippen LogP contribution is -2.41. The van der Waals surface area contributed by atoms with Crippen LogP contribution < -0.4 is 0 Å². The molecule has 1 saturated carbocycles. The van der Waals surface area contributed by atoms with Crippen LogP contribution >= 0.6 is 11.3 Å². The summed E-state index contributed by atoms with van der Waals surface area (Å²) in [5, 5.41) is 2.94. The number of ether oxygens (including phenoxy) is 2. The van der Waals surface area contributed by atoms with Crippen molar-refractivity contribution in [3.8, 4) is 0 Å². The van der Waals surface area contributed by atoms with Gasteiger partial charge < -0.3 is 14.4 Å². The highest BCUT2D eigenvalue weighted by molar-refractivity contribution is 7.09. The fraction of sp³-hybridized carbons (Fsp3) is 0.778. The average Bonchev–Trinajstić information content (AvgIpc) is 3.07. The number of carbonyl (C=O) groups is 1. The third-order valence-corrected chi connectivity index (χ3v) is 5.58. The fourth-order valence-electron chi connectivity index (χ4n) is 3.61. The van der Waals surface area contributed by atoms with Gasteiger partial charge in [-0.05, 0) is 26.7 Å². The van der Waals surface area contributed by atoms with Gasteiger partial charge in [0.2, 0.25) is 5.91 Å². The Morgan fingerprint density at radius 3 is 2.67 bits per heavy atom. The molecule has 1 amide bonds. The van der Waals surface area contributed by atoms with E-state index >= 15 is 0 Å². The molecule has 0 N–H and O–H groups in total. The fourth-order valence-corrected chi connectivity index (χ4v) is 4.24. The van der Waals surface area contributed by atoms with Crippen molar-refractivity contribution in [2.24, 2.45) is 5.92 Å². The first kappa shape index (κ1) is 17.8. The van der Waals surface area contributed by atoms with Crippen LogP contribution in [0, 0.1) is 5.92 Å². The number of carbonyl (C=O) groups excluding carboxylic acids is 1. The minimum absolute atomic E-state index is 0.0605. The molecule has 24 heavy (non-hydrogen) atoms. The molecule has 1 aliphatic carbocycles. The lowest BCUT2D eigenvalue weighted by molar-refractivity contribution is -0.149. The minimum atomic E-state index is -0.553. The molecule has 5 nitrogen and oxygen atoms in total. The largest absolute Gasteiger partial charge is 0.348 e. The Bertz CT molecular complexity index is 524. The van der Waals surface area contributed by atoms with Gasteiger partial charge in [-0.25, -0.2) is 4.98 Å². The van der Waals surface area contributed by atoms with Gasteiger partial charge in [0.1, 0.15) is 11.1 Å². The number of aromatic nitrogens is 1. The highest BCUT2D eigenvalue weighted by Gasteiger charge is 2.35. The maximum absolute atomic E-state index is 13.1. The molecular formula is C18H28N2O3S. The van der Waals surface area contributed by atoms with Crippen LogP contribution in [0.15, 0.2) is 11.6 Å². The van der Waals surface area contributed by atoms with E-state index in [-0.39, 0.29) is 17.9 Å². The molecule has 1 aromatic heterocycles. The van der Waals surface area contributed by atoms with Crippen molar-refractivity contribution in [1.82, 2.24) is 9.88 Å². The quantitative estimate of drug-likeness (QED) is 0.760. The molecule has 1 aliphatic heterocycles. The molecule has 0 unspecified atom stereocenters. The van der Waals surface area contributed by atoms with E-state index in [4.69, 9.17) is 9.47 Å². The molecule has 0 spiro atoms. The highest BCUT2D eigenvalue weighted by atomic mass is 32.1. The van der Waals surface area contributed by atoms with E-state index in [9.17, 15) is 4.79 Å². The number of hydrogen-bond acceptors (Lipinski definition) is 5. The second-order valence-electron chi connectivity index (χ2n) is 7.28. The van der Waals surface area contributed by atoms with Crippen LogP contribution in [0.25, 0.3) is 0 Å². The van der Waals surface area contributed by atoms with Gasteiger partial charge in [-0.3, -0.25) is 4.79 Å². The van der Waals surface area contributed by atoms with Gasteiger partial charge in [0, 0.05) is 24.0 Å². The predicted molar refractivity (Wildman–Crippen MR) is 93.6 cm³/mol. The molecule has 2 heterocycles. The lowest BCUT2D eigenvalue weighted by Gasteiger charge is -2.28. The molecule has 3 rings (SSSR count). The van der Waals surface area contributed by atoms with E-state index in [2.05, 4.69) is 4.98 Å². The van der Waals surface area contributed by atoms with Crippen LogP contribution in [0.2, 0.25) is 0 Å². The van der Waals surface area contributed by atoms with Crippen LogP contribution in [0.1, 0.15) is 57.4 Å². The van der Waals surface area contributed by atoms with E-state index in [1.807, 2.05) is 24.1 Å². The monoisotopic (exact) mass is 352 g/mol. The first-order chi connectivity index (χ1) is 11.5. The maximum atomic E-state index is 13.1. The van der Waals surface area contributed by atoms with Crippen LogP contribution in [0.3, 0.4) is 0 Å². The predicted octanol–water partition coefficient (Wildman–Crippen LogP) is 3.59. The van der Waals surface area contributed by atoms with E-state index in [1.165, 1.54) is 12.8 Å². The summed E-state index contributed by atoms with van der Waals surface area (Å²) < 4.78 is 11.6. The molecule has 1 saturated heterocycles. The van der Waals surface area contributed by atoms with Crippen LogP contribution in [0.5, 0.6) is 0 Å². The third kappa shape index (κ3) is 4.77. The number of rotatable bonds is 5. The zero-order valence-electron chi connectivity index (χ0n) is 14.7. The first-order valence-corrected chi connectivity index (χ1v) is 9.90. The number of nitrogens with zero attached hydrogens (tertiary/aromatic N) is 2. The summed E-state index contributed by atoms with van der Waals surface area (Å²) in [4.78, 5) is 19.4. The molecule has 1 atom stereocenters. The Hall–Kier alpha value is -0.980. The molecular weight excluding hydrogens is 324 g/mol. The van der Waals surface area contributed by atoms with Crippen molar-refractivity contribution in [3.05, 3.63) is 16.6 Å². The SMILES string of the molecule is CC1(C)OC[C@H](CN(Cc2nccs2)C(=O)C2CCCCCC2)O1. The van der Waals surface area contributed by atoms with Crippen molar-refractivity contribution in [2.45, 2.75) is 70.8 Å². The smallest absolute Gasteiger partial charge is 0.226 e. The third-order valence-electron chi connectivity index (χ3n) is 4.82. The summed E-state index contributed by atoms with van der Waals surface area (Å²) in [6, 6.07) is 0. The average molecular weight is 353 g/mol. The molecule has 6 heteroatoms. The normalized spacial score (nSPS) is 24.7. The van der Waals surface area contributed by atoms with Crippen molar-refractivity contribution in [2.75, 3.05) is 13.2 Å². The van der Waals surface area contributed by atoms with Gasteiger partial charge in [-0.1, -0.05) is 25.7 Å². The van der Waals surface area contributed by atoms with Gasteiger partial charge >= 0.3 is 0 Å². The maximum Gasteiger partial charge on any atom is 0.226 e. The Labute approximate surface area is 148 Å². The highest BCUT2D eigenvalue weighted by Crippen LogP contribution is 2.27. The molecule has 134 valence electrons. The van der Waals surface area contributed by atoms with Crippen molar-refractivity contribution in [1.29, 1.82) is 0 Å². The molecule has 2 aliphatic rings. The summed E-state index contributed by atoms with van der Waals surface area (Å²) in [6.45, 7) is 5.54. The number of hydrogen-bond donors (Lipinski definition) is 0. The lowest BCUT2D eigenvalue weighted by atomic mass is 9.98. The molecule has 0 aromatic carbocycles. The number of amides is 1. The first-order valence-electron chi connectivity index (χ1n) is 9.02. The Morgan fingerprint density at radius 1 is 1.33 bits per heavy atom. The summed E-state index contributed by atoms with van der Waals surface area (Å²) >= 11 is 1.60. The summed E-state index contributed by atoms with van der Waals surface area (Å²) in [5.74, 6) is -0.133. The van der Waals surface area contributed by atoms with E-state index in [0.29, 0.717) is 19.7 Å². The summed E-state index contributed by atoms with van der Waals surface area (Å²) in [7, 11) is 0. The Morgan fingerprint density at radius 2 is 2.08 bits per heavy atom. The molecule has 2 fully saturated rings. The summed E-state index contributed by atoms with van der Waals surface area (Å²) in [6.07, 6.45) is 8.60. The second kappa shape index (κ2) is 7.93. The standard InChI is InChI=1S/C18H28N2O3S/c1-18(2)22-13-15(23-18)11-20(12-16-19-9-10-24-16)17(21)14-7-5-3-4-6-8-14/h9-10,14-15H,3-8,11-13H2,1-2H3/t15-/m0/s1. The van der Waals surface area contributed by atoms with Crippen molar-refractivity contribution in [3.63, 3.8) is 0 Å². The Kier molecular flexibility index (Phi) is 5.89. The molecule has 1 aromatic rings. The van der Waals surface area contributed by atoms with Gasteiger partial charge in [0.25, 0.3) is 0 Å². The molecule has 0 bridgehead atoms. The van der Waals surface area contributed by atoms with Crippen LogP contribution in [-0.4, -0.2) is 40.8 Å².